The molecule has 0 bridgehead atoms. The minimum absolute atomic E-state index is 0.340. The van der Waals surface area contributed by atoms with Crippen LogP contribution in [-0.2, 0) is 14.3 Å². The van der Waals surface area contributed by atoms with E-state index in [9.17, 15) is 9.59 Å². The second-order valence-electron chi connectivity index (χ2n) is 6.34. The third-order valence-corrected chi connectivity index (χ3v) is 4.46. The average molecular weight is 395 g/mol. The fourth-order valence-corrected chi connectivity index (χ4v) is 3.37. The van der Waals surface area contributed by atoms with Crippen molar-refractivity contribution in [2.45, 2.75) is 27.7 Å². The minimum Gasteiger partial charge on any atom is -0.492 e. The highest BCUT2D eigenvalue weighted by molar-refractivity contribution is 6.43. The standard InChI is InChI=1S/C23H25NO5/c1-5-27-19-13-17-18(14-20(19)28-6-2)24(15(4)25)23(26)21(17)22(29-7-3)16-11-9-8-10-12-16/h8-14H,5-7H2,1-4H3. The van der Waals surface area contributed by atoms with Gasteiger partial charge in [-0.15, -0.1) is 0 Å². The highest BCUT2D eigenvalue weighted by Crippen LogP contribution is 2.46. The lowest BCUT2D eigenvalue weighted by Crippen LogP contribution is -2.31. The molecule has 0 saturated heterocycles. The smallest absolute Gasteiger partial charge is 0.269 e. The maximum absolute atomic E-state index is 13.3. The maximum Gasteiger partial charge on any atom is 0.269 e. The largest absolute Gasteiger partial charge is 0.492 e. The molecular formula is C23H25NO5. The van der Waals surface area contributed by atoms with E-state index in [-0.39, 0.29) is 5.91 Å². The van der Waals surface area contributed by atoms with E-state index in [0.717, 1.165) is 10.5 Å². The normalized spacial score (nSPS) is 14.5. The average Bonchev–Trinajstić information content (AvgIpc) is 2.98. The number of hydrogen-bond donors (Lipinski definition) is 0. The zero-order chi connectivity index (χ0) is 21.0. The molecule has 6 nitrogen and oxygen atoms in total. The highest BCUT2D eigenvalue weighted by Gasteiger charge is 2.39. The van der Waals surface area contributed by atoms with Gasteiger partial charge in [0.15, 0.2) is 11.5 Å². The van der Waals surface area contributed by atoms with Crippen LogP contribution in [0, 0.1) is 0 Å². The Hall–Kier alpha value is -3.28. The number of anilines is 1. The predicted molar refractivity (Wildman–Crippen MR) is 112 cm³/mol. The van der Waals surface area contributed by atoms with E-state index in [0.29, 0.717) is 53.9 Å². The van der Waals surface area contributed by atoms with Crippen LogP contribution in [0.3, 0.4) is 0 Å². The lowest BCUT2D eigenvalue weighted by atomic mass is 10.0. The summed E-state index contributed by atoms with van der Waals surface area (Å²) in [6, 6.07) is 12.8. The van der Waals surface area contributed by atoms with Gasteiger partial charge in [-0.05, 0) is 26.8 Å². The molecule has 29 heavy (non-hydrogen) atoms. The monoisotopic (exact) mass is 395 g/mol. The topological polar surface area (TPSA) is 65.1 Å². The van der Waals surface area contributed by atoms with E-state index in [1.807, 2.05) is 51.1 Å². The Morgan fingerprint density at radius 1 is 0.931 bits per heavy atom. The van der Waals surface area contributed by atoms with E-state index in [4.69, 9.17) is 14.2 Å². The van der Waals surface area contributed by atoms with Gasteiger partial charge in [0.1, 0.15) is 5.76 Å². The Kier molecular flexibility index (Phi) is 6.22. The second kappa shape index (κ2) is 8.82. The summed E-state index contributed by atoms with van der Waals surface area (Å²) in [5, 5.41) is 0. The van der Waals surface area contributed by atoms with Crippen LogP contribution < -0.4 is 14.4 Å². The second-order valence-corrected chi connectivity index (χ2v) is 6.34. The molecule has 1 aliphatic heterocycles. The molecule has 152 valence electrons. The Labute approximate surface area is 170 Å². The van der Waals surface area contributed by atoms with E-state index in [2.05, 4.69) is 0 Å². The summed E-state index contributed by atoms with van der Waals surface area (Å²) in [7, 11) is 0. The summed E-state index contributed by atoms with van der Waals surface area (Å²) in [5.41, 5.74) is 2.16. The van der Waals surface area contributed by atoms with Gasteiger partial charge in [0, 0.05) is 24.1 Å². The van der Waals surface area contributed by atoms with Crippen LogP contribution in [0.1, 0.15) is 38.8 Å². The van der Waals surface area contributed by atoms with Crippen molar-refractivity contribution in [3.8, 4) is 11.5 Å². The lowest BCUT2D eigenvalue weighted by molar-refractivity contribution is -0.122. The zero-order valence-corrected chi connectivity index (χ0v) is 17.2. The van der Waals surface area contributed by atoms with Crippen molar-refractivity contribution < 1.29 is 23.8 Å². The number of fused-ring (bicyclic) bond motifs is 1. The van der Waals surface area contributed by atoms with Crippen LogP contribution in [0.2, 0.25) is 0 Å². The number of rotatable bonds is 7. The number of hydrogen-bond acceptors (Lipinski definition) is 5. The molecule has 6 heteroatoms. The van der Waals surface area contributed by atoms with Gasteiger partial charge in [0.25, 0.3) is 5.91 Å². The molecule has 0 fully saturated rings. The fraction of sp³-hybridized carbons (Fsp3) is 0.304. The number of benzene rings is 2. The third kappa shape index (κ3) is 3.83. The van der Waals surface area contributed by atoms with Gasteiger partial charge in [0.2, 0.25) is 5.91 Å². The van der Waals surface area contributed by atoms with Crippen molar-refractivity contribution in [2.75, 3.05) is 24.7 Å². The van der Waals surface area contributed by atoms with Gasteiger partial charge in [-0.25, -0.2) is 4.90 Å². The van der Waals surface area contributed by atoms with Crippen molar-refractivity contribution >= 4 is 28.8 Å². The van der Waals surface area contributed by atoms with Crippen LogP contribution in [0.15, 0.2) is 42.5 Å². The molecule has 0 N–H and O–H groups in total. The number of carbonyl (C=O) groups excluding carboxylic acids is 2. The third-order valence-electron chi connectivity index (χ3n) is 4.46. The maximum atomic E-state index is 13.3. The van der Waals surface area contributed by atoms with Gasteiger partial charge < -0.3 is 14.2 Å². The molecule has 2 aromatic carbocycles. The number of imide groups is 1. The van der Waals surface area contributed by atoms with Gasteiger partial charge in [-0.1, -0.05) is 30.3 Å². The first-order valence-corrected chi connectivity index (χ1v) is 9.74. The van der Waals surface area contributed by atoms with Crippen molar-refractivity contribution in [3.63, 3.8) is 0 Å². The SMILES string of the molecule is CCOC(=C1C(=O)N(C(C)=O)c2cc(OCC)c(OCC)cc21)c1ccccc1. The van der Waals surface area contributed by atoms with Gasteiger partial charge in [0.05, 0.1) is 31.1 Å². The number of carbonyl (C=O) groups is 2. The molecule has 2 aromatic rings. The molecule has 0 atom stereocenters. The predicted octanol–water partition coefficient (Wildman–Crippen LogP) is 4.28. The molecule has 2 amide bonds. The van der Waals surface area contributed by atoms with Gasteiger partial charge >= 0.3 is 0 Å². The van der Waals surface area contributed by atoms with Crippen LogP contribution in [0.4, 0.5) is 5.69 Å². The highest BCUT2D eigenvalue weighted by atomic mass is 16.5. The van der Waals surface area contributed by atoms with E-state index in [1.165, 1.54) is 6.92 Å². The van der Waals surface area contributed by atoms with Gasteiger partial charge in [-0.2, -0.15) is 0 Å². The van der Waals surface area contributed by atoms with Crippen molar-refractivity contribution in [1.82, 2.24) is 0 Å². The first-order valence-electron chi connectivity index (χ1n) is 9.74. The molecule has 0 radical (unpaired) electrons. The summed E-state index contributed by atoms with van der Waals surface area (Å²) in [4.78, 5) is 26.8. The molecule has 0 aliphatic carbocycles. The van der Waals surface area contributed by atoms with Crippen LogP contribution in [0.25, 0.3) is 11.3 Å². The Morgan fingerprint density at radius 3 is 2.10 bits per heavy atom. The molecule has 0 unspecified atom stereocenters. The summed E-state index contributed by atoms with van der Waals surface area (Å²) >= 11 is 0. The molecule has 1 aliphatic rings. The van der Waals surface area contributed by atoms with Crippen molar-refractivity contribution in [1.29, 1.82) is 0 Å². The quantitative estimate of drug-likeness (QED) is 0.517. The molecule has 0 saturated carbocycles. The summed E-state index contributed by atoms with van der Waals surface area (Å²) in [6.07, 6.45) is 0. The first kappa shape index (κ1) is 20.5. The van der Waals surface area contributed by atoms with E-state index >= 15 is 0 Å². The minimum atomic E-state index is -0.420. The summed E-state index contributed by atoms with van der Waals surface area (Å²) in [6.45, 7) is 8.22. The van der Waals surface area contributed by atoms with E-state index in [1.54, 1.807) is 12.1 Å². The number of ether oxygens (including phenoxy) is 3. The van der Waals surface area contributed by atoms with Crippen LogP contribution in [0.5, 0.6) is 11.5 Å². The molecule has 0 spiro atoms. The number of amides is 2. The molecule has 0 aromatic heterocycles. The summed E-state index contributed by atoms with van der Waals surface area (Å²) in [5.74, 6) is 0.658. The molecule has 1 heterocycles. The zero-order valence-electron chi connectivity index (χ0n) is 17.2. The Morgan fingerprint density at radius 2 is 1.55 bits per heavy atom. The van der Waals surface area contributed by atoms with Crippen LogP contribution >= 0.6 is 0 Å². The molecular weight excluding hydrogens is 370 g/mol. The summed E-state index contributed by atoms with van der Waals surface area (Å²) < 4.78 is 17.3. The lowest BCUT2D eigenvalue weighted by Gasteiger charge is -2.16. The van der Waals surface area contributed by atoms with Gasteiger partial charge in [-0.3, -0.25) is 9.59 Å². The Bertz CT molecular complexity index is 949. The molecule has 3 rings (SSSR count). The van der Waals surface area contributed by atoms with Crippen molar-refractivity contribution in [3.05, 3.63) is 53.6 Å². The fourth-order valence-electron chi connectivity index (χ4n) is 3.37. The first-order chi connectivity index (χ1) is 14.0. The van der Waals surface area contributed by atoms with Crippen LogP contribution in [-0.4, -0.2) is 31.6 Å². The Balaban J connectivity index is 2.32. The number of nitrogens with zero attached hydrogens (tertiary/aromatic N) is 1. The van der Waals surface area contributed by atoms with Crippen molar-refractivity contribution in [2.24, 2.45) is 0 Å². The van der Waals surface area contributed by atoms with E-state index < -0.39 is 5.91 Å².